The molecule has 1 aliphatic heterocycles. The van der Waals surface area contributed by atoms with Crippen molar-refractivity contribution in [3.63, 3.8) is 0 Å². The van der Waals surface area contributed by atoms with Crippen molar-refractivity contribution in [3.05, 3.63) is 29.7 Å². The summed E-state index contributed by atoms with van der Waals surface area (Å²) in [5.41, 5.74) is 8.12. The summed E-state index contributed by atoms with van der Waals surface area (Å²) in [5, 5.41) is 7.20. The van der Waals surface area contributed by atoms with Gasteiger partial charge in [0.05, 0.1) is 18.1 Å². The Morgan fingerprint density at radius 2 is 1.96 bits per heavy atom. The fourth-order valence-corrected chi connectivity index (χ4v) is 3.43. The molecule has 2 fully saturated rings. The molecule has 1 saturated carbocycles. The number of rotatable bonds is 3. The summed E-state index contributed by atoms with van der Waals surface area (Å²) >= 11 is 0. The molecule has 0 spiro atoms. The van der Waals surface area contributed by atoms with Crippen molar-refractivity contribution in [3.8, 4) is 0 Å². The van der Waals surface area contributed by atoms with Crippen LogP contribution in [0.15, 0.2) is 18.5 Å². The second kappa shape index (κ2) is 9.27. The molecule has 0 unspecified atom stereocenters. The maximum atomic E-state index is 12.2. The van der Waals surface area contributed by atoms with Gasteiger partial charge in [0.1, 0.15) is 0 Å². The molecular formula is C19H28F2N6O. The molecular weight excluding hydrogens is 366 g/mol. The Morgan fingerprint density at radius 1 is 1.18 bits per heavy atom. The lowest BCUT2D eigenvalue weighted by Crippen LogP contribution is -2.37. The summed E-state index contributed by atoms with van der Waals surface area (Å²) in [6.45, 7) is 2.49. The average molecular weight is 394 g/mol. The van der Waals surface area contributed by atoms with Crippen molar-refractivity contribution in [1.29, 1.82) is 0 Å². The van der Waals surface area contributed by atoms with Crippen LogP contribution in [0.3, 0.4) is 0 Å². The third kappa shape index (κ3) is 5.60. The van der Waals surface area contributed by atoms with Gasteiger partial charge >= 0.3 is 6.03 Å². The number of nitrogens with two attached hydrogens (primary N) is 1. The largest absolute Gasteiger partial charge is 0.338 e. The molecule has 2 aromatic rings. The summed E-state index contributed by atoms with van der Waals surface area (Å²) in [7, 11) is 0. The van der Waals surface area contributed by atoms with E-state index in [1.54, 1.807) is 10.7 Å². The Hall–Kier alpha value is -2.29. The van der Waals surface area contributed by atoms with E-state index in [2.05, 4.69) is 15.4 Å². The van der Waals surface area contributed by atoms with Crippen LogP contribution < -0.4 is 11.1 Å². The van der Waals surface area contributed by atoms with Crippen molar-refractivity contribution >= 4 is 11.7 Å². The first-order valence-electron chi connectivity index (χ1n) is 9.91. The van der Waals surface area contributed by atoms with Crippen LogP contribution in [0.2, 0.25) is 0 Å². The van der Waals surface area contributed by atoms with E-state index in [1.807, 2.05) is 17.2 Å². The lowest BCUT2D eigenvalue weighted by Gasteiger charge is -2.20. The zero-order chi connectivity index (χ0) is 20.0. The molecule has 7 nitrogen and oxygen atoms in total. The van der Waals surface area contributed by atoms with Crippen LogP contribution in [-0.2, 0) is 13.1 Å². The normalized spacial score (nSPS) is 19.5. The smallest absolute Gasteiger partial charge is 0.317 e. The molecule has 3 N–H and O–H groups in total. The lowest BCUT2D eigenvalue weighted by atomic mass is 9.97. The number of alkyl halides is 2. The summed E-state index contributed by atoms with van der Waals surface area (Å²) in [4.78, 5) is 18.1. The van der Waals surface area contributed by atoms with Crippen LogP contribution in [0.1, 0.15) is 56.2 Å². The van der Waals surface area contributed by atoms with Crippen molar-refractivity contribution in [2.45, 2.75) is 64.0 Å². The minimum atomic E-state index is -2.32. The van der Waals surface area contributed by atoms with Crippen LogP contribution in [0.25, 0.3) is 5.65 Å². The number of nitrogens with zero attached hydrogens (tertiary/aromatic N) is 4. The van der Waals surface area contributed by atoms with Gasteiger partial charge in [0, 0.05) is 39.0 Å². The number of hydrogen-bond donors (Lipinski definition) is 2. The number of carbonyl (C=O) groups excluding carboxylic acids is 1. The van der Waals surface area contributed by atoms with Crippen LogP contribution in [0.4, 0.5) is 13.6 Å². The SMILES string of the molecule is FC1(F)CCCCC1.NCc1cn2ncc(CN3CCCCNC3=O)cc2n1. The van der Waals surface area contributed by atoms with Gasteiger partial charge in [-0.1, -0.05) is 6.42 Å². The number of amides is 2. The van der Waals surface area contributed by atoms with Gasteiger partial charge in [-0.2, -0.15) is 5.10 Å². The minimum absolute atomic E-state index is 0.00615. The van der Waals surface area contributed by atoms with Crippen LogP contribution in [0.5, 0.6) is 0 Å². The highest BCUT2D eigenvalue weighted by Crippen LogP contribution is 2.32. The van der Waals surface area contributed by atoms with Gasteiger partial charge in [0.15, 0.2) is 5.65 Å². The first-order valence-corrected chi connectivity index (χ1v) is 9.91. The van der Waals surface area contributed by atoms with Crippen LogP contribution >= 0.6 is 0 Å². The molecule has 2 amide bonds. The molecule has 2 aliphatic rings. The standard InChI is InChI=1S/C13H18N6O.C6H10F2/c14-6-11-9-19-12(17-11)5-10(7-16-19)8-18-4-2-1-3-15-13(18)20;7-6(8)4-2-1-3-5-6/h5,7,9H,1-4,6,8,14H2,(H,15,20);1-5H2. The number of fused-ring (bicyclic) bond motifs is 1. The van der Waals surface area contributed by atoms with Crippen molar-refractivity contribution in [2.75, 3.05) is 13.1 Å². The summed E-state index contributed by atoms with van der Waals surface area (Å²) in [6.07, 6.45) is 8.30. The van der Waals surface area contributed by atoms with Gasteiger partial charge in [-0.05, 0) is 37.3 Å². The van der Waals surface area contributed by atoms with E-state index in [0.717, 1.165) is 49.3 Å². The van der Waals surface area contributed by atoms with Crippen molar-refractivity contribution < 1.29 is 13.6 Å². The first-order chi connectivity index (χ1) is 13.5. The molecule has 9 heteroatoms. The van der Waals surface area contributed by atoms with Gasteiger partial charge < -0.3 is 16.0 Å². The summed E-state index contributed by atoms with van der Waals surface area (Å²) in [5.74, 6) is -2.32. The van der Waals surface area contributed by atoms with Gasteiger partial charge in [-0.25, -0.2) is 23.1 Å². The third-order valence-electron chi connectivity index (χ3n) is 5.01. The molecule has 4 rings (SSSR count). The highest BCUT2D eigenvalue weighted by atomic mass is 19.3. The Bertz CT molecular complexity index is 786. The topological polar surface area (TPSA) is 88.5 Å². The van der Waals surface area contributed by atoms with E-state index in [1.165, 1.54) is 0 Å². The van der Waals surface area contributed by atoms with Crippen molar-refractivity contribution in [2.24, 2.45) is 5.73 Å². The van der Waals surface area contributed by atoms with Crippen molar-refractivity contribution in [1.82, 2.24) is 24.8 Å². The van der Waals surface area contributed by atoms with Gasteiger partial charge in [0.2, 0.25) is 5.92 Å². The molecule has 28 heavy (non-hydrogen) atoms. The lowest BCUT2D eigenvalue weighted by molar-refractivity contribution is -0.0337. The number of nitrogens with one attached hydrogen (secondary N) is 1. The van der Waals surface area contributed by atoms with E-state index in [-0.39, 0.29) is 18.9 Å². The number of hydrogen-bond acceptors (Lipinski definition) is 4. The average Bonchev–Trinajstić information content (AvgIpc) is 2.98. The highest BCUT2D eigenvalue weighted by molar-refractivity contribution is 5.74. The predicted octanol–water partition coefficient (Wildman–Crippen LogP) is 3.08. The highest BCUT2D eigenvalue weighted by Gasteiger charge is 2.30. The molecule has 2 aromatic heterocycles. The molecule has 0 radical (unpaired) electrons. The van der Waals surface area contributed by atoms with E-state index >= 15 is 0 Å². The number of aromatic nitrogens is 3. The Balaban J connectivity index is 0.000000236. The fraction of sp³-hybridized carbons (Fsp3) is 0.632. The molecule has 0 bridgehead atoms. The predicted molar refractivity (Wildman–Crippen MR) is 102 cm³/mol. The van der Waals surface area contributed by atoms with E-state index in [9.17, 15) is 13.6 Å². The van der Waals surface area contributed by atoms with E-state index in [4.69, 9.17) is 5.73 Å². The quantitative estimate of drug-likeness (QED) is 0.837. The Morgan fingerprint density at radius 3 is 2.64 bits per heavy atom. The van der Waals surface area contributed by atoms with Crippen LogP contribution in [0, 0.1) is 0 Å². The van der Waals surface area contributed by atoms with E-state index in [0.29, 0.717) is 25.9 Å². The zero-order valence-corrected chi connectivity index (χ0v) is 16.0. The second-order valence-corrected chi connectivity index (χ2v) is 7.38. The molecule has 0 atom stereocenters. The maximum absolute atomic E-state index is 12.2. The Kier molecular flexibility index (Phi) is 6.77. The number of imidazole rings is 1. The maximum Gasteiger partial charge on any atom is 0.317 e. The van der Waals surface area contributed by atoms with Gasteiger partial charge in [0.25, 0.3) is 0 Å². The summed E-state index contributed by atoms with van der Waals surface area (Å²) < 4.78 is 26.1. The van der Waals surface area contributed by atoms with E-state index < -0.39 is 5.92 Å². The molecule has 0 aromatic carbocycles. The number of carbonyl (C=O) groups is 1. The zero-order valence-electron chi connectivity index (χ0n) is 16.0. The number of halogens is 2. The van der Waals surface area contributed by atoms with Gasteiger partial charge in [-0.3, -0.25) is 0 Å². The monoisotopic (exact) mass is 394 g/mol. The number of urea groups is 1. The third-order valence-corrected chi connectivity index (χ3v) is 5.01. The fourth-order valence-electron chi connectivity index (χ4n) is 3.43. The molecule has 1 saturated heterocycles. The minimum Gasteiger partial charge on any atom is -0.338 e. The second-order valence-electron chi connectivity index (χ2n) is 7.38. The molecule has 3 heterocycles. The van der Waals surface area contributed by atoms with Crippen LogP contribution in [-0.4, -0.2) is 44.5 Å². The summed E-state index contributed by atoms with van der Waals surface area (Å²) in [6, 6.07) is 1.94. The Labute approximate surface area is 163 Å². The molecule has 154 valence electrons. The first kappa shape index (κ1) is 20.4. The molecule has 1 aliphatic carbocycles. The van der Waals surface area contributed by atoms with Gasteiger partial charge in [-0.15, -0.1) is 0 Å².